The number of amides is 1. The van der Waals surface area contributed by atoms with Crippen LogP contribution in [0.2, 0.25) is 0 Å². The van der Waals surface area contributed by atoms with E-state index >= 15 is 0 Å². The summed E-state index contributed by atoms with van der Waals surface area (Å²) in [5.41, 5.74) is 2.25. The molecule has 0 N–H and O–H groups in total. The van der Waals surface area contributed by atoms with E-state index in [1.54, 1.807) is 12.0 Å². The van der Waals surface area contributed by atoms with E-state index in [-0.39, 0.29) is 18.0 Å². The third-order valence-corrected chi connectivity index (χ3v) is 5.72. The normalized spacial score (nSPS) is 13.6. The summed E-state index contributed by atoms with van der Waals surface area (Å²) >= 11 is 0. The van der Waals surface area contributed by atoms with Crippen LogP contribution in [0, 0.1) is 0 Å². The number of hydrogen-bond acceptors (Lipinski definition) is 6. The number of rotatable bonds is 7. The number of aromatic nitrogens is 2. The van der Waals surface area contributed by atoms with E-state index < -0.39 is 0 Å². The van der Waals surface area contributed by atoms with Crippen molar-refractivity contribution in [2.75, 3.05) is 44.8 Å². The fraction of sp³-hybridized carbons (Fsp3) is 0.320. The second-order valence-electron chi connectivity index (χ2n) is 7.76. The monoisotopic (exact) mass is 448 g/mol. The van der Waals surface area contributed by atoms with Crippen molar-refractivity contribution in [2.24, 2.45) is 0 Å². The molecule has 2 aromatic carbocycles. The first-order valence-electron chi connectivity index (χ1n) is 11.0. The van der Waals surface area contributed by atoms with Crippen molar-refractivity contribution in [3.05, 3.63) is 71.3 Å². The lowest BCUT2D eigenvalue weighted by Crippen LogP contribution is -2.50. The van der Waals surface area contributed by atoms with E-state index in [1.165, 1.54) is 17.0 Å². The van der Waals surface area contributed by atoms with Gasteiger partial charge in [0.05, 0.1) is 25.7 Å². The molecule has 0 unspecified atom stereocenters. The van der Waals surface area contributed by atoms with Gasteiger partial charge in [0, 0.05) is 43.5 Å². The highest BCUT2D eigenvalue weighted by Crippen LogP contribution is 2.21. The number of nitrogens with zero attached hydrogens (tertiary/aromatic N) is 4. The number of methoxy groups -OCH3 is 1. The Morgan fingerprint density at radius 2 is 1.64 bits per heavy atom. The average molecular weight is 449 g/mol. The fourth-order valence-electron chi connectivity index (χ4n) is 3.84. The summed E-state index contributed by atoms with van der Waals surface area (Å²) in [5.74, 6) is 1.51. The highest BCUT2D eigenvalue weighted by atomic mass is 16.5. The van der Waals surface area contributed by atoms with Gasteiger partial charge in [0.2, 0.25) is 5.91 Å². The molecule has 8 heteroatoms. The van der Waals surface area contributed by atoms with Crippen molar-refractivity contribution >= 4 is 11.6 Å². The number of anilines is 1. The summed E-state index contributed by atoms with van der Waals surface area (Å²) in [6, 6.07) is 16.8. The molecule has 3 aromatic rings. The zero-order valence-electron chi connectivity index (χ0n) is 18.9. The summed E-state index contributed by atoms with van der Waals surface area (Å²) in [4.78, 5) is 33.8. The van der Waals surface area contributed by atoms with Crippen LogP contribution >= 0.6 is 0 Å². The molecule has 1 aliphatic heterocycles. The molecule has 1 aliphatic rings. The van der Waals surface area contributed by atoms with E-state index in [9.17, 15) is 9.59 Å². The molecule has 0 saturated carbocycles. The summed E-state index contributed by atoms with van der Waals surface area (Å²) in [6.07, 6.45) is 1.44. The third-order valence-electron chi connectivity index (χ3n) is 5.72. The Morgan fingerprint density at radius 3 is 2.24 bits per heavy atom. The van der Waals surface area contributed by atoms with E-state index in [0.29, 0.717) is 25.4 Å². The van der Waals surface area contributed by atoms with Gasteiger partial charge in [0.25, 0.3) is 5.56 Å². The van der Waals surface area contributed by atoms with Crippen molar-refractivity contribution in [1.29, 1.82) is 0 Å². The number of benzene rings is 2. The Hall–Kier alpha value is -3.81. The van der Waals surface area contributed by atoms with Gasteiger partial charge < -0.3 is 19.3 Å². The largest absolute Gasteiger partial charge is 0.497 e. The fourth-order valence-corrected chi connectivity index (χ4v) is 3.84. The predicted molar refractivity (Wildman–Crippen MR) is 127 cm³/mol. The summed E-state index contributed by atoms with van der Waals surface area (Å²) in [7, 11) is 1.65. The molecule has 33 heavy (non-hydrogen) atoms. The molecule has 1 amide bonds. The smallest absolute Gasteiger partial charge is 0.254 e. The topological polar surface area (TPSA) is 76.9 Å². The van der Waals surface area contributed by atoms with Gasteiger partial charge >= 0.3 is 0 Å². The van der Waals surface area contributed by atoms with Crippen molar-refractivity contribution in [3.63, 3.8) is 0 Å². The number of carbonyl (C=O) groups is 1. The second kappa shape index (κ2) is 10.2. The Bertz CT molecular complexity index is 1130. The maximum Gasteiger partial charge on any atom is 0.254 e. The minimum Gasteiger partial charge on any atom is -0.497 e. The van der Waals surface area contributed by atoms with Crippen LogP contribution in [0.4, 0.5) is 5.69 Å². The van der Waals surface area contributed by atoms with Crippen molar-refractivity contribution in [3.8, 4) is 22.8 Å². The molecule has 1 aromatic heterocycles. The minimum atomic E-state index is -0.251. The Morgan fingerprint density at radius 1 is 0.970 bits per heavy atom. The molecule has 0 radical (unpaired) electrons. The molecular weight excluding hydrogens is 420 g/mol. The minimum absolute atomic E-state index is 0.0159. The van der Waals surface area contributed by atoms with Crippen LogP contribution in [0.5, 0.6) is 11.5 Å². The second-order valence-corrected chi connectivity index (χ2v) is 7.76. The van der Waals surface area contributed by atoms with Crippen molar-refractivity contribution in [2.45, 2.75) is 13.5 Å². The molecule has 0 atom stereocenters. The average Bonchev–Trinajstić information content (AvgIpc) is 2.86. The molecule has 172 valence electrons. The lowest BCUT2D eigenvalue weighted by atomic mass is 10.1. The van der Waals surface area contributed by atoms with Crippen LogP contribution in [-0.4, -0.2) is 60.3 Å². The van der Waals surface area contributed by atoms with E-state index in [0.717, 1.165) is 35.8 Å². The lowest BCUT2D eigenvalue weighted by Gasteiger charge is -2.36. The highest BCUT2D eigenvalue weighted by molar-refractivity contribution is 5.76. The zero-order chi connectivity index (χ0) is 23.2. The van der Waals surface area contributed by atoms with E-state index in [1.807, 2.05) is 55.5 Å². The number of piperazine rings is 1. The molecular formula is C25H28N4O4. The maximum absolute atomic E-state index is 12.8. The van der Waals surface area contributed by atoms with Gasteiger partial charge in [-0.05, 0) is 55.5 Å². The Labute approximate surface area is 193 Å². The van der Waals surface area contributed by atoms with Crippen LogP contribution in [0.1, 0.15) is 6.92 Å². The quantitative estimate of drug-likeness (QED) is 0.553. The molecule has 1 fully saturated rings. The summed E-state index contributed by atoms with van der Waals surface area (Å²) < 4.78 is 12.0. The van der Waals surface area contributed by atoms with E-state index in [4.69, 9.17) is 9.47 Å². The van der Waals surface area contributed by atoms with Crippen LogP contribution in [-0.2, 0) is 11.3 Å². The molecule has 4 rings (SSSR count). The Balaban J connectivity index is 1.35. The van der Waals surface area contributed by atoms with Crippen molar-refractivity contribution in [1.82, 2.24) is 14.5 Å². The molecule has 8 nitrogen and oxygen atoms in total. The maximum atomic E-state index is 12.8. The van der Waals surface area contributed by atoms with Crippen molar-refractivity contribution < 1.29 is 14.3 Å². The molecule has 1 saturated heterocycles. The van der Waals surface area contributed by atoms with Gasteiger partial charge in [-0.25, -0.2) is 4.98 Å². The number of carbonyl (C=O) groups excluding carboxylic acids is 1. The third kappa shape index (κ3) is 5.34. The SMILES string of the molecule is CCOc1ccc(-c2cc(=O)n(CC(=O)N3CCN(c4ccc(OC)cc4)CC3)cn2)cc1. The first-order chi connectivity index (χ1) is 16.1. The molecule has 2 heterocycles. The number of ether oxygens (including phenoxy) is 2. The zero-order valence-corrected chi connectivity index (χ0v) is 18.9. The van der Waals surface area contributed by atoms with Gasteiger partial charge in [-0.3, -0.25) is 14.2 Å². The van der Waals surface area contributed by atoms with Gasteiger partial charge in [0.15, 0.2) is 0 Å². The first-order valence-corrected chi connectivity index (χ1v) is 11.0. The van der Waals surface area contributed by atoms with Gasteiger partial charge in [-0.2, -0.15) is 0 Å². The lowest BCUT2D eigenvalue weighted by molar-refractivity contribution is -0.132. The molecule has 0 aliphatic carbocycles. The standard InChI is InChI=1S/C25H28N4O4/c1-3-33-22-8-4-19(5-9-22)23-16-24(30)29(18-26-23)17-25(31)28-14-12-27(13-15-28)20-6-10-21(32-2)11-7-20/h4-11,16,18H,3,12-15,17H2,1-2H3. The summed E-state index contributed by atoms with van der Waals surface area (Å²) in [6.45, 7) is 5.20. The van der Waals surface area contributed by atoms with Crippen LogP contribution in [0.3, 0.4) is 0 Å². The Kier molecular flexibility index (Phi) is 6.92. The first kappa shape index (κ1) is 22.4. The van der Waals surface area contributed by atoms with Gasteiger partial charge in [0.1, 0.15) is 18.0 Å². The van der Waals surface area contributed by atoms with Gasteiger partial charge in [-0.1, -0.05) is 0 Å². The number of hydrogen-bond donors (Lipinski definition) is 0. The van der Waals surface area contributed by atoms with E-state index in [2.05, 4.69) is 9.88 Å². The highest BCUT2D eigenvalue weighted by Gasteiger charge is 2.22. The van der Waals surface area contributed by atoms with Crippen LogP contribution < -0.4 is 19.9 Å². The predicted octanol–water partition coefficient (Wildman–Crippen LogP) is 2.67. The molecule has 0 bridgehead atoms. The van der Waals surface area contributed by atoms with Crippen LogP contribution in [0.25, 0.3) is 11.3 Å². The van der Waals surface area contributed by atoms with Gasteiger partial charge in [-0.15, -0.1) is 0 Å². The summed E-state index contributed by atoms with van der Waals surface area (Å²) in [5, 5.41) is 0. The van der Waals surface area contributed by atoms with Crippen LogP contribution in [0.15, 0.2) is 65.7 Å². The molecule has 0 spiro atoms.